The minimum absolute atomic E-state index is 0.0393. The zero-order valence-electron chi connectivity index (χ0n) is 9.89. The highest BCUT2D eigenvalue weighted by atomic mass is 19.4. The summed E-state index contributed by atoms with van der Waals surface area (Å²) in [5.41, 5.74) is 0. The van der Waals surface area contributed by atoms with Crippen LogP contribution in [-0.4, -0.2) is 30.6 Å². The van der Waals surface area contributed by atoms with Gasteiger partial charge >= 0.3 is 6.18 Å². The molecule has 0 fully saturated rings. The highest BCUT2D eigenvalue weighted by Crippen LogP contribution is 2.15. The quantitative estimate of drug-likeness (QED) is 0.662. The highest BCUT2D eigenvalue weighted by molar-refractivity contribution is 4.57. The smallest absolute Gasteiger partial charge is 0.393 e. The average molecular weight is 242 g/mol. The van der Waals surface area contributed by atoms with Gasteiger partial charge in [0.1, 0.15) is 6.61 Å². The summed E-state index contributed by atoms with van der Waals surface area (Å²) in [4.78, 5) is 0. The van der Waals surface area contributed by atoms with E-state index in [4.69, 9.17) is 0 Å². The summed E-state index contributed by atoms with van der Waals surface area (Å²) in [5.74, 6) is 0.591. The van der Waals surface area contributed by atoms with Crippen LogP contribution in [0.2, 0.25) is 0 Å². The van der Waals surface area contributed by atoms with Crippen molar-refractivity contribution in [3.05, 3.63) is 0 Å². The van der Waals surface area contributed by atoms with E-state index < -0.39 is 18.9 Å². The second-order valence-electron chi connectivity index (χ2n) is 4.44. The molecule has 0 saturated carbocycles. The predicted octanol–water partition coefficient (Wildman–Crippen LogP) is 3.14. The number of aliphatic hydroxyl groups excluding tert-OH is 1. The summed E-state index contributed by atoms with van der Waals surface area (Å²) in [6.07, 6.45) is -1.99. The van der Waals surface area contributed by atoms with E-state index >= 15 is 0 Å². The molecular formula is C11H21F3O2. The molecule has 16 heavy (non-hydrogen) atoms. The molecule has 0 aromatic rings. The maximum Gasteiger partial charge on any atom is 0.411 e. The SMILES string of the molecule is CC(C)CCCC(O)CCOCC(F)(F)F. The Hall–Kier alpha value is -0.290. The molecule has 0 rings (SSSR count). The Labute approximate surface area is 94.8 Å². The zero-order valence-corrected chi connectivity index (χ0v) is 9.89. The standard InChI is InChI=1S/C11H21F3O2/c1-9(2)4-3-5-10(15)6-7-16-8-11(12,13)14/h9-10,15H,3-8H2,1-2H3. The van der Waals surface area contributed by atoms with Gasteiger partial charge < -0.3 is 9.84 Å². The number of alkyl halides is 3. The molecule has 0 amide bonds. The van der Waals surface area contributed by atoms with Gasteiger partial charge in [-0.15, -0.1) is 0 Å². The second-order valence-corrected chi connectivity index (χ2v) is 4.44. The maximum absolute atomic E-state index is 11.7. The van der Waals surface area contributed by atoms with Gasteiger partial charge in [0.2, 0.25) is 0 Å². The number of rotatable bonds is 8. The van der Waals surface area contributed by atoms with Crippen molar-refractivity contribution in [3.63, 3.8) is 0 Å². The van der Waals surface area contributed by atoms with Gasteiger partial charge in [-0.3, -0.25) is 0 Å². The lowest BCUT2D eigenvalue weighted by atomic mass is 10.0. The topological polar surface area (TPSA) is 29.5 Å². The van der Waals surface area contributed by atoms with Crippen molar-refractivity contribution in [3.8, 4) is 0 Å². The van der Waals surface area contributed by atoms with E-state index in [0.29, 0.717) is 12.3 Å². The van der Waals surface area contributed by atoms with Gasteiger partial charge in [0, 0.05) is 6.61 Å². The van der Waals surface area contributed by atoms with E-state index in [1.807, 2.05) is 0 Å². The van der Waals surface area contributed by atoms with Gasteiger partial charge in [-0.25, -0.2) is 0 Å². The molecule has 1 atom stereocenters. The van der Waals surface area contributed by atoms with E-state index in [0.717, 1.165) is 12.8 Å². The van der Waals surface area contributed by atoms with Gasteiger partial charge in [0.05, 0.1) is 6.10 Å². The van der Waals surface area contributed by atoms with Crippen LogP contribution in [-0.2, 0) is 4.74 Å². The summed E-state index contributed by atoms with van der Waals surface area (Å²) in [6, 6.07) is 0. The average Bonchev–Trinajstić information content (AvgIpc) is 2.10. The lowest BCUT2D eigenvalue weighted by Crippen LogP contribution is -2.19. The molecule has 0 heterocycles. The molecular weight excluding hydrogens is 221 g/mol. The highest BCUT2D eigenvalue weighted by Gasteiger charge is 2.27. The second kappa shape index (κ2) is 7.90. The molecule has 0 aliphatic heterocycles. The number of hydrogen-bond donors (Lipinski definition) is 1. The Bertz CT molecular complexity index is 169. The van der Waals surface area contributed by atoms with Crippen molar-refractivity contribution in [2.45, 2.75) is 51.8 Å². The van der Waals surface area contributed by atoms with Crippen LogP contribution in [0.3, 0.4) is 0 Å². The molecule has 1 unspecified atom stereocenters. The third kappa shape index (κ3) is 11.8. The molecule has 98 valence electrons. The Kier molecular flexibility index (Phi) is 7.76. The summed E-state index contributed by atoms with van der Waals surface area (Å²) in [7, 11) is 0. The molecule has 0 spiro atoms. The fraction of sp³-hybridized carbons (Fsp3) is 1.00. The minimum Gasteiger partial charge on any atom is -0.393 e. The largest absolute Gasteiger partial charge is 0.411 e. The van der Waals surface area contributed by atoms with E-state index in [2.05, 4.69) is 18.6 Å². The monoisotopic (exact) mass is 242 g/mol. The lowest BCUT2D eigenvalue weighted by Gasteiger charge is -2.12. The van der Waals surface area contributed by atoms with Crippen molar-refractivity contribution in [1.82, 2.24) is 0 Å². The Morgan fingerprint density at radius 3 is 2.25 bits per heavy atom. The first-order valence-corrected chi connectivity index (χ1v) is 5.64. The number of ether oxygens (including phenoxy) is 1. The first-order chi connectivity index (χ1) is 7.31. The summed E-state index contributed by atoms with van der Waals surface area (Å²) < 4.78 is 39.5. The third-order valence-electron chi connectivity index (χ3n) is 2.18. The van der Waals surface area contributed by atoms with Crippen molar-refractivity contribution in [2.75, 3.05) is 13.2 Å². The van der Waals surface area contributed by atoms with Crippen molar-refractivity contribution in [1.29, 1.82) is 0 Å². The van der Waals surface area contributed by atoms with E-state index in [9.17, 15) is 18.3 Å². The summed E-state index contributed by atoms with van der Waals surface area (Å²) in [6.45, 7) is 2.92. The molecule has 0 radical (unpaired) electrons. The first-order valence-electron chi connectivity index (χ1n) is 5.64. The molecule has 0 aliphatic carbocycles. The van der Waals surface area contributed by atoms with Crippen molar-refractivity contribution < 1.29 is 23.0 Å². The molecule has 0 aromatic carbocycles. The van der Waals surface area contributed by atoms with Gasteiger partial charge in [-0.2, -0.15) is 13.2 Å². The van der Waals surface area contributed by atoms with Crippen LogP contribution in [0.4, 0.5) is 13.2 Å². The predicted molar refractivity (Wildman–Crippen MR) is 56.2 cm³/mol. The summed E-state index contributed by atoms with van der Waals surface area (Å²) in [5, 5.41) is 9.43. The molecule has 5 heteroatoms. The van der Waals surface area contributed by atoms with Gasteiger partial charge in [0.25, 0.3) is 0 Å². The van der Waals surface area contributed by atoms with Crippen LogP contribution < -0.4 is 0 Å². The molecule has 0 aromatic heterocycles. The van der Waals surface area contributed by atoms with E-state index in [1.165, 1.54) is 0 Å². The Morgan fingerprint density at radius 1 is 1.12 bits per heavy atom. The first kappa shape index (κ1) is 15.7. The number of hydrogen-bond acceptors (Lipinski definition) is 2. The van der Waals surface area contributed by atoms with Crippen LogP contribution in [0, 0.1) is 5.92 Å². The van der Waals surface area contributed by atoms with E-state index in [-0.39, 0.29) is 13.0 Å². The third-order valence-corrected chi connectivity index (χ3v) is 2.18. The Balaban J connectivity index is 3.34. The molecule has 0 saturated heterocycles. The van der Waals surface area contributed by atoms with E-state index in [1.54, 1.807) is 0 Å². The van der Waals surface area contributed by atoms with Crippen LogP contribution in [0.5, 0.6) is 0 Å². The normalized spacial score (nSPS) is 14.4. The van der Waals surface area contributed by atoms with Gasteiger partial charge in [-0.1, -0.05) is 26.7 Å². The van der Waals surface area contributed by atoms with Crippen LogP contribution >= 0.6 is 0 Å². The van der Waals surface area contributed by atoms with Gasteiger partial charge in [0.15, 0.2) is 0 Å². The van der Waals surface area contributed by atoms with Crippen LogP contribution in [0.25, 0.3) is 0 Å². The fourth-order valence-corrected chi connectivity index (χ4v) is 1.31. The van der Waals surface area contributed by atoms with Crippen molar-refractivity contribution in [2.24, 2.45) is 5.92 Å². The Morgan fingerprint density at radius 2 is 1.75 bits per heavy atom. The number of halogens is 3. The van der Waals surface area contributed by atoms with Gasteiger partial charge in [-0.05, 0) is 18.8 Å². The molecule has 0 bridgehead atoms. The minimum atomic E-state index is -4.28. The van der Waals surface area contributed by atoms with Crippen LogP contribution in [0.15, 0.2) is 0 Å². The summed E-state index contributed by atoms with van der Waals surface area (Å²) >= 11 is 0. The van der Waals surface area contributed by atoms with Crippen molar-refractivity contribution >= 4 is 0 Å². The van der Waals surface area contributed by atoms with Crippen LogP contribution in [0.1, 0.15) is 39.5 Å². The fourth-order valence-electron chi connectivity index (χ4n) is 1.31. The lowest BCUT2D eigenvalue weighted by molar-refractivity contribution is -0.175. The number of aliphatic hydroxyl groups is 1. The molecule has 2 nitrogen and oxygen atoms in total. The molecule has 1 N–H and O–H groups in total. The zero-order chi connectivity index (χ0) is 12.6. The maximum atomic E-state index is 11.7. The molecule has 0 aliphatic rings.